The highest BCUT2D eigenvalue weighted by Crippen LogP contribution is 2.38. The molecule has 0 unspecified atom stereocenters. The molecule has 0 aliphatic rings. The van der Waals surface area contributed by atoms with Crippen LogP contribution < -0.4 is 4.74 Å². The van der Waals surface area contributed by atoms with Crippen molar-refractivity contribution in [1.82, 2.24) is 0 Å². The molecule has 0 radical (unpaired) electrons. The lowest BCUT2D eigenvalue weighted by Gasteiger charge is -2.12. The van der Waals surface area contributed by atoms with E-state index in [2.05, 4.69) is 6.58 Å². The summed E-state index contributed by atoms with van der Waals surface area (Å²) in [6.07, 6.45) is -4.39. The van der Waals surface area contributed by atoms with Gasteiger partial charge in [0.2, 0.25) is 0 Å². The van der Waals surface area contributed by atoms with E-state index in [4.69, 9.17) is 9.47 Å². The van der Waals surface area contributed by atoms with Crippen LogP contribution in [0.3, 0.4) is 0 Å². The number of fused-ring (bicyclic) bond motifs is 1. The number of esters is 1. The maximum absolute atomic E-state index is 12.7. The predicted molar refractivity (Wildman–Crippen MR) is 104 cm³/mol. The fourth-order valence-electron chi connectivity index (χ4n) is 2.67. The van der Waals surface area contributed by atoms with Gasteiger partial charge in [0.05, 0.1) is 12.7 Å². The molecule has 1 aromatic heterocycles. The minimum atomic E-state index is -4.39. The van der Waals surface area contributed by atoms with Crippen molar-refractivity contribution in [3.8, 4) is 5.75 Å². The molecule has 0 N–H and O–H groups in total. The molecule has 0 fully saturated rings. The number of rotatable bonds is 5. The fourth-order valence-corrected chi connectivity index (χ4v) is 3.65. The van der Waals surface area contributed by atoms with Gasteiger partial charge in [-0.3, -0.25) is 0 Å². The van der Waals surface area contributed by atoms with E-state index >= 15 is 0 Å². The number of ether oxygens (including phenoxy) is 2. The van der Waals surface area contributed by atoms with Gasteiger partial charge >= 0.3 is 12.1 Å². The Morgan fingerprint density at radius 3 is 2.39 bits per heavy atom. The van der Waals surface area contributed by atoms with Crippen molar-refractivity contribution in [3.63, 3.8) is 0 Å². The number of allylic oxidation sites excluding steroid dienone is 1. The van der Waals surface area contributed by atoms with Crippen LogP contribution in [-0.4, -0.2) is 13.1 Å². The van der Waals surface area contributed by atoms with Gasteiger partial charge in [-0.25, -0.2) is 4.79 Å². The Hall–Kier alpha value is -2.80. The first kappa shape index (κ1) is 19.9. The zero-order valence-electron chi connectivity index (χ0n) is 15.2. The predicted octanol–water partition coefficient (Wildman–Crippen LogP) is 6.32. The Bertz CT molecular complexity index is 1030. The van der Waals surface area contributed by atoms with Gasteiger partial charge in [-0.1, -0.05) is 18.7 Å². The number of methoxy groups -OCH3 is 1. The minimum Gasteiger partial charge on any atom is -0.487 e. The van der Waals surface area contributed by atoms with E-state index in [0.29, 0.717) is 11.3 Å². The van der Waals surface area contributed by atoms with Gasteiger partial charge in [0.15, 0.2) is 0 Å². The molecule has 0 saturated carbocycles. The quantitative estimate of drug-likeness (QED) is 0.465. The van der Waals surface area contributed by atoms with Crippen molar-refractivity contribution in [2.75, 3.05) is 7.11 Å². The molecule has 28 heavy (non-hydrogen) atoms. The summed E-state index contributed by atoms with van der Waals surface area (Å²) in [5, 5.41) is 0.734. The molecule has 3 nitrogen and oxygen atoms in total. The smallest absolute Gasteiger partial charge is 0.416 e. The van der Waals surface area contributed by atoms with E-state index in [1.165, 1.54) is 30.6 Å². The molecule has 0 atom stereocenters. The Morgan fingerprint density at radius 2 is 1.82 bits per heavy atom. The van der Waals surface area contributed by atoms with E-state index < -0.39 is 17.7 Å². The second-order valence-electron chi connectivity index (χ2n) is 6.22. The summed E-state index contributed by atoms with van der Waals surface area (Å²) in [4.78, 5) is 13.1. The maximum Gasteiger partial charge on any atom is 0.416 e. The molecule has 0 aliphatic carbocycles. The summed E-state index contributed by atoms with van der Waals surface area (Å²) in [6, 6.07) is 10.0. The van der Waals surface area contributed by atoms with Gasteiger partial charge in [-0.2, -0.15) is 13.2 Å². The Labute approximate surface area is 164 Å². The fraction of sp³-hybridized carbons (Fsp3) is 0.190. The average Bonchev–Trinajstić information content (AvgIpc) is 3.10. The van der Waals surface area contributed by atoms with Crippen LogP contribution in [0.4, 0.5) is 13.2 Å². The van der Waals surface area contributed by atoms with Gasteiger partial charge in [0.25, 0.3) is 0 Å². The molecule has 3 aromatic rings. The van der Waals surface area contributed by atoms with Crippen molar-refractivity contribution < 1.29 is 27.4 Å². The molecule has 0 amide bonds. The first-order valence-electron chi connectivity index (χ1n) is 8.30. The molecule has 0 spiro atoms. The standard InChI is InChI=1S/C21H17F3O3S/c1-12(2)18-10-16-17(28-18)9-8-15(20(25)26-3)19(16)27-11-13-4-6-14(7-5-13)21(22,23)24/h4-10H,1,11H2,2-3H3. The second kappa shape index (κ2) is 7.67. The minimum absolute atomic E-state index is 0.0134. The van der Waals surface area contributed by atoms with Gasteiger partial charge < -0.3 is 9.47 Å². The Kier molecular flexibility index (Phi) is 5.47. The van der Waals surface area contributed by atoms with Gasteiger partial charge in [0.1, 0.15) is 17.9 Å². The van der Waals surface area contributed by atoms with Crippen LogP contribution in [0.25, 0.3) is 15.7 Å². The molecule has 2 aromatic carbocycles. The van der Waals surface area contributed by atoms with E-state index in [1.54, 1.807) is 6.07 Å². The van der Waals surface area contributed by atoms with Crippen LogP contribution in [0, 0.1) is 0 Å². The second-order valence-corrected chi connectivity index (χ2v) is 7.30. The van der Waals surface area contributed by atoms with Crippen LogP contribution in [0.2, 0.25) is 0 Å². The normalized spacial score (nSPS) is 11.5. The van der Waals surface area contributed by atoms with E-state index in [0.717, 1.165) is 32.7 Å². The maximum atomic E-state index is 12.7. The number of carbonyl (C=O) groups is 1. The summed E-state index contributed by atoms with van der Waals surface area (Å²) in [5.74, 6) is -0.208. The topological polar surface area (TPSA) is 35.5 Å². The first-order valence-corrected chi connectivity index (χ1v) is 9.12. The number of halogens is 3. The average molecular weight is 406 g/mol. The van der Waals surface area contributed by atoms with E-state index in [1.807, 2.05) is 19.1 Å². The molecule has 0 saturated heterocycles. The third-order valence-corrected chi connectivity index (χ3v) is 5.40. The molecular weight excluding hydrogens is 389 g/mol. The zero-order chi connectivity index (χ0) is 20.5. The van der Waals surface area contributed by atoms with Crippen LogP contribution >= 0.6 is 11.3 Å². The van der Waals surface area contributed by atoms with Crippen molar-refractivity contribution in [3.05, 3.63) is 70.6 Å². The molecular formula is C21H17F3O3S. The van der Waals surface area contributed by atoms with Crippen molar-refractivity contribution >= 4 is 33.0 Å². The summed E-state index contributed by atoms with van der Waals surface area (Å²) < 4.78 is 49.7. The van der Waals surface area contributed by atoms with Crippen LogP contribution in [0.1, 0.15) is 33.3 Å². The zero-order valence-corrected chi connectivity index (χ0v) is 16.0. The number of thiophene rings is 1. The number of benzene rings is 2. The lowest BCUT2D eigenvalue weighted by molar-refractivity contribution is -0.137. The highest BCUT2D eigenvalue weighted by molar-refractivity contribution is 7.20. The lowest BCUT2D eigenvalue weighted by Crippen LogP contribution is -2.07. The van der Waals surface area contributed by atoms with E-state index in [9.17, 15) is 18.0 Å². The van der Waals surface area contributed by atoms with E-state index in [-0.39, 0.29) is 12.2 Å². The van der Waals surface area contributed by atoms with Crippen LogP contribution in [0.5, 0.6) is 5.75 Å². The molecule has 7 heteroatoms. The summed E-state index contributed by atoms with van der Waals surface area (Å²) in [7, 11) is 1.28. The Morgan fingerprint density at radius 1 is 1.14 bits per heavy atom. The number of carbonyl (C=O) groups excluding carboxylic acids is 1. The summed E-state index contributed by atoms with van der Waals surface area (Å²) >= 11 is 1.52. The molecule has 0 aliphatic heterocycles. The van der Waals surface area contributed by atoms with Gasteiger partial charge in [-0.05, 0) is 48.4 Å². The monoisotopic (exact) mass is 406 g/mol. The van der Waals surface area contributed by atoms with Gasteiger partial charge in [0, 0.05) is 15.0 Å². The van der Waals surface area contributed by atoms with Crippen molar-refractivity contribution in [1.29, 1.82) is 0 Å². The number of alkyl halides is 3. The lowest BCUT2D eigenvalue weighted by atomic mass is 10.1. The number of hydrogen-bond acceptors (Lipinski definition) is 4. The summed E-state index contributed by atoms with van der Waals surface area (Å²) in [5.41, 5.74) is 0.969. The molecule has 1 heterocycles. The van der Waals surface area contributed by atoms with Crippen molar-refractivity contribution in [2.45, 2.75) is 19.7 Å². The third-order valence-electron chi connectivity index (χ3n) is 4.14. The number of hydrogen-bond donors (Lipinski definition) is 0. The third kappa shape index (κ3) is 4.04. The Balaban J connectivity index is 1.96. The SMILES string of the molecule is C=C(C)c1cc2c(OCc3ccc(C(F)(F)F)cc3)c(C(=O)OC)ccc2s1. The van der Waals surface area contributed by atoms with Crippen LogP contribution in [0.15, 0.2) is 49.0 Å². The molecule has 0 bridgehead atoms. The van der Waals surface area contributed by atoms with Gasteiger partial charge in [-0.15, -0.1) is 11.3 Å². The van der Waals surface area contributed by atoms with Crippen molar-refractivity contribution in [2.24, 2.45) is 0 Å². The first-order chi connectivity index (χ1) is 13.2. The molecule has 146 valence electrons. The highest BCUT2D eigenvalue weighted by Gasteiger charge is 2.30. The van der Waals surface area contributed by atoms with Crippen LogP contribution in [-0.2, 0) is 17.5 Å². The largest absolute Gasteiger partial charge is 0.487 e. The highest BCUT2D eigenvalue weighted by atomic mass is 32.1. The molecule has 3 rings (SSSR count). The summed E-state index contributed by atoms with van der Waals surface area (Å²) in [6.45, 7) is 5.83.